The molecule has 1 rings (SSSR count). The Balaban J connectivity index is 2.57. The molecule has 1 unspecified atom stereocenters. The number of amides is 1. The molecule has 0 aliphatic carbocycles. The van der Waals surface area contributed by atoms with Crippen molar-refractivity contribution < 1.29 is 4.79 Å². The van der Waals surface area contributed by atoms with E-state index < -0.39 is 0 Å². The summed E-state index contributed by atoms with van der Waals surface area (Å²) in [6.07, 6.45) is 0.896. The molecule has 0 spiro atoms. The van der Waals surface area contributed by atoms with E-state index in [0.29, 0.717) is 5.75 Å². The van der Waals surface area contributed by atoms with Crippen LogP contribution in [0.15, 0.2) is 28.7 Å². The molecule has 0 aliphatic heterocycles. The molecule has 2 nitrogen and oxygen atoms in total. The molecule has 19 heavy (non-hydrogen) atoms. The SMILES string of the molecule is CCC(NC(=O)CSC(C)(C)C)c1ccc(Br)cc1. The first-order chi connectivity index (χ1) is 8.81. The van der Waals surface area contributed by atoms with Gasteiger partial charge in [0.25, 0.3) is 0 Å². The van der Waals surface area contributed by atoms with Crippen LogP contribution in [0.25, 0.3) is 0 Å². The maximum atomic E-state index is 12.0. The van der Waals surface area contributed by atoms with Crippen LogP contribution >= 0.6 is 27.7 Å². The van der Waals surface area contributed by atoms with Crippen molar-refractivity contribution in [2.75, 3.05) is 5.75 Å². The largest absolute Gasteiger partial charge is 0.349 e. The maximum absolute atomic E-state index is 12.0. The van der Waals surface area contributed by atoms with Crippen molar-refractivity contribution in [3.63, 3.8) is 0 Å². The van der Waals surface area contributed by atoms with Gasteiger partial charge < -0.3 is 5.32 Å². The number of carbonyl (C=O) groups excluding carboxylic acids is 1. The predicted molar refractivity (Wildman–Crippen MR) is 87.5 cm³/mol. The molecule has 0 radical (unpaired) electrons. The molecule has 0 heterocycles. The molecule has 106 valence electrons. The lowest BCUT2D eigenvalue weighted by Gasteiger charge is -2.20. The van der Waals surface area contributed by atoms with E-state index in [9.17, 15) is 4.79 Å². The zero-order chi connectivity index (χ0) is 14.5. The number of hydrogen-bond donors (Lipinski definition) is 1. The van der Waals surface area contributed by atoms with Crippen LogP contribution < -0.4 is 5.32 Å². The Hall–Kier alpha value is -0.480. The zero-order valence-electron chi connectivity index (χ0n) is 12.0. The minimum Gasteiger partial charge on any atom is -0.349 e. The van der Waals surface area contributed by atoms with Gasteiger partial charge in [-0.3, -0.25) is 4.79 Å². The second-order valence-electron chi connectivity index (χ2n) is 5.48. The summed E-state index contributed by atoms with van der Waals surface area (Å²) in [6.45, 7) is 8.45. The fourth-order valence-electron chi connectivity index (χ4n) is 1.63. The second-order valence-corrected chi connectivity index (χ2v) is 8.20. The van der Waals surface area contributed by atoms with Gasteiger partial charge in [0.2, 0.25) is 5.91 Å². The number of thioether (sulfide) groups is 1. The van der Waals surface area contributed by atoms with Gasteiger partial charge in [-0.1, -0.05) is 55.8 Å². The number of rotatable bonds is 5. The number of benzene rings is 1. The average Bonchev–Trinajstić information content (AvgIpc) is 2.34. The summed E-state index contributed by atoms with van der Waals surface area (Å²) < 4.78 is 1.18. The topological polar surface area (TPSA) is 29.1 Å². The van der Waals surface area contributed by atoms with Crippen LogP contribution in [0, 0.1) is 0 Å². The van der Waals surface area contributed by atoms with Gasteiger partial charge >= 0.3 is 0 Å². The molecule has 0 aromatic heterocycles. The van der Waals surface area contributed by atoms with Crippen LogP contribution in [-0.2, 0) is 4.79 Å². The standard InChI is InChI=1S/C15H22BrNOS/c1-5-13(11-6-8-12(16)9-7-11)17-14(18)10-19-15(2,3)4/h6-9,13H,5,10H2,1-4H3,(H,17,18). The monoisotopic (exact) mass is 343 g/mol. The van der Waals surface area contributed by atoms with Crippen molar-refractivity contribution in [3.8, 4) is 0 Å². The van der Waals surface area contributed by atoms with E-state index >= 15 is 0 Å². The number of hydrogen-bond acceptors (Lipinski definition) is 2. The van der Waals surface area contributed by atoms with E-state index in [4.69, 9.17) is 0 Å². The highest BCUT2D eigenvalue weighted by Crippen LogP contribution is 2.24. The highest BCUT2D eigenvalue weighted by atomic mass is 79.9. The Bertz CT molecular complexity index is 411. The Morgan fingerprint density at radius 2 is 1.89 bits per heavy atom. The van der Waals surface area contributed by atoms with Gasteiger partial charge in [-0.2, -0.15) is 0 Å². The molecular weight excluding hydrogens is 322 g/mol. The Morgan fingerprint density at radius 3 is 2.37 bits per heavy atom. The Labute approximate surface area is 128 Å². The summed E-state index contributed by atoms with van der Waals surface area (Å²) in [5.74, 6) is 0.617. The molecule has 0 saturated heterocycles. The third-order valence-corrected chi connectivity index (χ3v) is 4.45. The lowest BCUT2D eigenvalue weighted by Crippen LogP contribution is -2.30. The molecule has 1 aromatic rings. The molecule has 0 aliphatic rings. The minimum absolute atomic E-state index is 0.0983. The average molecular weight is 344 g/mol. The van der Waals surface area contributed by atoms with Crippen LogP contribution in [0.1, 0.15) is 45.7 Å². The fourth-order valence-corrected chi connectivity index (χ4v) is 2.55. The van der Waals surface area contributed by atoms with Gasteiger partial charge in [-0.15, -0.1) is 11.8 Å². The van der Waals surface area contributed by atoms with E-state index in [1.165, 1.54) is 0 Å². The normalized spacial score (nSPS) is 13.1. The quantitative estimate of drug-likeness (QED) is 0.849. The molecular formula is C15H22BrNOS. The fraction of sp³-hybridized carbons (Fsp3) is 0.533. The third kappa shape index (κ3) is 6.48. The summed E-state index contributed by atoms with van der Waals surface area (Å²) in [4.78, 5) is 12.0. The summed E-state index contributed by atoms with van der Waals surface area (Å²) >= 11 is 5.10. The van der Waals surface area contributed by atoms with Crippen molar-refractivity contribution in [3.05, 3.63) is 34.3 Å². The highest BCUT2D eigenvalue weighted by molar-refractivity contribution is 9.10. The number of carbonyl (C=O) groups is 1. The predicted octanol–water partition coefficient (Wildman–Crippen LogP) is 4.55. The minimum atomic E-state index is 0.0983. The molecule has 0 fully saturated rings. The van der Waals surface area contributed by atoms with Crippen molar-refractivity contribution in [2.45, 2.75) is 44.9 Å². The lowest BCUT2D eigenvalue weighted by molar-refractivity contribution is -0.119. The number of nitrogens with one attached hydrogen (secondary N) is 1. The van der Waals surface area contributed by atoms with Crippen molar-refractivity contribution in [1.82, 2.24) is 5.32 Å². The molecule has 1 aromatic carbocycles. The Kier molecular flexibility index (Phi) is 6.40. The molecule has 1 atom stereocenters. The van der Waals surface area contributed by atoms with Gasteiger partial charge in [0.15, 0.2) is 0 Å². The third-order valence-electron chi connectivity index (χ3n) is 2.65. The van der Waals surface area contributed by atoms with Crippen LogP contribution in [-0.4, -0.2) is 16.4 Å². The van der Waals surface area contributed by atoms with Crippen molar-refractivity contribution in [2.24, 2.45) is 0 Å². The van der Waals surface area contributed by atoms with Gasteiger partial charge in [0.05, 0.1) is 11.8 Å². The highest BCUT2D eigenvalue weighted by Gasteiger charge is 2.16. The van der Waals surface area contributed by atoms with Gasteiger partial charge in [-0.25, -0.2) is 0 Å². The first kappa shape index (κ1) is 16.6. The second kappa shape index (κ2) is 7.34. The van der Waals surface area contributed by atoms with Gasteiger partial charge in [-0.05, 0) is 24.1 Å². The molecule has 1 amide bonds. The lowest BCUT2D eigenvalue weighted by atomic mass is 10.0. The summed E-state index contributed by atoms with van der Waals surface area (Å²) in [7, 11) is 0. The van der Waals surface area contributed by atoms with E-state index in [1.807, 2.05) is 12.1 Å². The molecule has 0 bridgehead atoms. The van der Waals surface area contributed by atoms with Crippen LogP contribution in [0.5, 0.6) is 0 Å². The molecule has 1 N–H and O–H groups in total. The molecule has 4 heteroatoms. The van der Waals surface area contributed by atoms with Crippen LogP contribution in [0.4, 0.5) is 0 Å². The van der Waals surface area contributed by atoms with E-state index in [0.717, 1.165) is 16.5 Å². The molecule has 0 saturated carbocycles. The van der Waals surface area contributed by atoms with E-state index in [2.05, 4.69) is 61.1 Å². The van der Waals surface area contributed by atoms with Crippen molar-refractivity contribution in [1.29, 1.82) is 0 Å². The van der Waals surface area contributed by atoms with E-state index in [1.54, 1.807) is 11.8 Å². The zero-order valence-corrected chi connectivity index (χ0v) is 14.4. The van der Waals surface area contributed by atoms with Gasteiger partial charge in [0.1, 0.15) is 0 Å². The Morgan fingerprint density at radius 1 is 1.32 bits per heavy atom. The van der Waals surface area contributed by atoms with Gasteiger partial charge in [0, 0.05) is 9.22 Å². The van der Waals surface area contributed by atoms with Crippen molar-refractivity contribution >= 4 is 33.6 Å². The summed E-state index contributed by atoms with van der Waals surface area (Å²) in [5, 5.41) is 3.10. The van der Waals surface area contributed by atoms with Crippen LogP contribution in [0.2, 0.25) is 0 Å². The first-order valence-corrected chi connectivity index (χ1v) is 8.28. The summed E-state index contributed by atoms with van der Waals surface area (Å²) in [5.41, 5.74) is 1.15. The van der Waals surface area contributed by atoms with E-state index in [-0.39, 0.29) is 16.7 Å². The van der Waals surface area contributed by atoms with Crippen LogP contribution in [0.3, 0.4) is 0 Å². The smallest absolute Gasteiger partial charge is 0.230 e. The number of halogens is 1. The first-order valence-electron chi connectivity index (χ1n) is 6.50. The summed E-state index contributed by atoms with van der Waals surface area (Å²) in [6, 6.07) is 8.22. The maximum Gasteiger partial charge on any atom is 0.230 e.